The number of aliphatic hydroxyl groups is 2. The quantitative estimate of drug-likeness (QED) is 0.373. The van der Waals surface area contributed by atoms with E-state index in [1.54, 1.807) is 24.3 Å². The molecule has 0 saturated carbocycles. The number of nitrogens with two attached hydrogens (primary N) is 1. The number of anilines is 1. The molecule has 0 aliphatic carbocycles. The van der Waals surface area contributed by atoms with Crippen LogP contribution >= 0.6 is 7.82 Å². The molecule has 0 radical (unpaired) electrons. The van der Waals surface area contributed by atoms with Crippen molar-refractivity contribution in [2.75, 3.05) is 26.1 Å². The molecule has 4 rings (SSSR count). The minimum absolute atomic E-state index is 0.00876. The lowest BCUT2D eigenvalue weighted by Crippen LogP contribution is -2.36. The lowest BCUT2D eigenvalue weighted by molar-refractivity contribution is -0.0609. The van der Waals surface area contributed by atoms with E-state index in [9.17, 15) is 24.4 Å². The summed E-state index contributed by atoms with van der Waals surface area (Å²) in [5, 5.41) is 20.7. The summed E-state index contributed by atoms with van der Waals surface area (Å²) in [7, 11) is -2.81. The third kappa shape index (κ3) is 5.05. The van der Waals surface area contributed by atoms with E-state index in [0.717, 1.165) is 4.57 Å². The Bertz CT molecular complexity index is 1160. The van der Waals surface area contributed by atoms with Crippen molar-refractivity contribution in [2.45, 2.75) is 37.1 Å². The van der Waals surface area contributed by atoms with Gasteiger partial charge in [-0.15, -0.1) is 0 Å². The molecule has 0 bridgehead atoms. The number of methoxy groups -OCH3 is 1. The predicted molar refractivity (Wildman–Crippen MR) is 115 cm³/mol. The zero-order valence-electron chi connectivity index (χ0n) is 18.1. The molecule has 0 unspecified atom stereocenters. The van der Waals surface area contributed by atoms with Crippen LogP contribution in [-0.2, 0) is 27.6 Å². The fraction of sp³-hybridized carbons (Fsp3) is 0.450. The van der Waals surface area contributed by atoms with Gasteiger partial charge in [0.1, 0.15) is 24.1 Å². The maximum Gasteiger partial charge on any atom is 0.475 e. The summed E-state index contributed by atoms with van der Waals surface area (Å²) in [6, 6.07) is 7.83. The molecule has 2 aliphatic heterocycles. The van der Waals surface area contributed by atoms with Gasteiger partial charge in [-0.1, -0.05) is 12.1 Å². The van der Waals surface area contributed by atoms with E-state index in [1.165, 1.54) is 19.4 Å². The Kier molecular flexibility index (Phi) is 7.14. The molecule has 14 heteroatoms. The summed E-state index contributed by atoms with van der Waals surface area (Å²) in [5.41, 5.74) is 5.58. The van der Waals surface area contributed by atoms with Crippen molar-refractivity contribution < 1.29 is 42.6 Å². The first-order valence-electron chi connectivity index (χ1n) is 10.3. The largest absolute Gasteiger partial charge is 0.475 e. The van der Waals surface area contributed by atoms with Crippen LogP contribution in [0.3, 0.4) is 0 Å². The van der Waals surface area contributed by atoms with Crippen molar-refractivity contribution >= 4 is 19.6 Å². The highest BCUT2D eigenvalue weighted by Crippen LogP contribution is 2.57. The van der Waals surface area contributed by atoms with Gasteiger partial charge < -0.3 is 25.4 Å². The van der Waals surface area contributed by atoms with Crippen molar-refractivity contribution in [3.05, 3.63) is 58.1 Å². The average Bonchev–Trinajstić information content (AvgIpc) is 3.11. The van der Waals surface area contributed by atoms with E-state index in [-0.39, 0.29) is 12.4 Å². The van der Waals surface area contributed by atoms with Crippen molar-refractivity contribution in [3.63, 3.8) is 0 Å². The Balaban J connectivity index is 1.42. The van der Waals surface area contributed by atoms with E-state index in [1.807, 2.05) is 0 Å². The van der Waals surface area contributed by atoms with Gasteiger partial charge >= 0.3 is 19.5 Å². The summed E-state index contributed by atoms with van der Waals surface area (Å²) >= 11 is 0. The number of aliphatic hydroxyl groups excluding tert-OH is 2. The molecular weight excluding hydrogens is 473 g/mol. The Hall–Kier alpha value is -2.64. The second-order valence-corrected chi connectivity index (χ2v) is 9.29. The monoisotopic (exact) mass is 497 g/mol. The number of carbonyl (C=O) groups is 1. The topological polar surface area (TPSA) is 182 Å². The van der Waals surface area contributed by atoms with Gasteiger partial charge in [-0.3, -0.25) is 18.1 Å². The number of carbonyl (C=O) groups excluding carboxylic acids is 1. The highest BCUT2D eigenvalue weighted by Gasteiger charge is 2.46. The number of ether oxygens (including phenoxy) is 2. The number of nitrogen functional groups attached to an aromatic ring is 1. The Morgan fingerprint density at radius 2 is 2.12 bits per heavy atom. The molecule has 1 aromatic carbocycles. The summed E-state index contributed by atoms with van der Waals surface area (Å²) in [5.74, 6) is -0.533. The van der Waals surface area contributed by atoms with Crippen LogP contribution < -0.4 is 11.4 Å². The number of nitrogens with zero attached hydrogens (tertiary/aromatic N) is 2. The number of phosphoric acid groups is 1. The average molecular weight is 497 g/mol. The molecular formula is C20H24N3O10P. The highest BCUT2D eigenvalue weighted by atomic mass is 31.2. The first-order valence-corrected chi connectivity index (χ1v) is 11.8. The maximum atomic E-state index is 13.0. The van der Waals surface area contributed by atoms with Gasteiger partial charge in [0.15, 0.2) is 6.23 Å². The lowest BCUT2D eigenvalue weighted by Gasteiger charge is -2.30. The van der Waals surface area contributed by atoms with Gasteiger partial charge in [-0.2, -0.15) is 4.98 Å². The highest BCUT2D eigenvalue weighted by molar-refractivity contribution is 7.48. The van der Waals surface area contributed by atoms with E-state index in [0.29, 0.717) is 17.5 Å². The van der Waals surface area contributed by atoms with E-state index in [4.69, 9.17) is 28.8 Å². The van der Waals surface area contributed by atoms with Crippen LogP contribution in [0.2, 0.25) is 0 Å². The Morgan fingerprint density at radius 1 is 1.32 bits per heavy atom. The lowest BCUT2D eigenvalue weighted by atomic mass is 10.0. The van der Waals surface area contributed by atoms with Crippen LogP contribution in [0.1, 0.15) is 34.7 Å². The number of hydrogen-bond acceptors (Lipinski definition) is 12. The van der Waals surface area contributed by atoms with Crippen LogP contribution in [0, 0.1) is 0 Å². The maximum absolute atomic E-state index is 13.0. The van der Waals surface area contributed by atoms with Crippen LogP contribution in [0.15, 0.2) is 41.3 Å². The molecule has 2 fully saturated rings. The third-order valence-electron chi connectivity index (χ3n) is 5.43. The van der Waals surface area contributed by atoms with Gasteiger partial charge in [0.05, 0.1) is 32.0 Å². The summed E-state index contributed by atoms with van der Waals surface area (Å²) in [4.78, 5) is 27.4. The van der Waals surface area contributed by atoms with E-state index in [2.05, 4.69) is 4.98 Å². The fourth-order valence-corrected chi connectivity index (χ4v) is 5.06. The third-order valence-corrected chi connectivity index (χ3v) is 6.90. The molecule has 4 N–H and O–H groups in total. The van der Waals surface area contributed by atoms with Crippen molar-refractivity contribution in [3.8, 4) is 0 Å². The standard InChI is InChI=1S/C20H24N3O10P/c1-29-19(26)12-4-2-3-11(9-12)13-6-8-30-34(28,33-13)31-10-14-16(24)17(25)18(32-14)23-7-5-15(21)22-20(23)27/h2-5,7,9,13-14,16-18,24-25H,6,8,10H2,1H3,(H2,21,22,27)/t13-,14+,16+,17-,18+,34+/m0/s1. The predicted octanol–water partition coefficient (Wildman–Crippen LogP) is 0.534. The molecule has 34 heavy (non-hydrogen) atoms. The van der Waals surface area contributed by atoms with Gasteiger partial charge in [-0.05, 0) is 23.8 Å². The fourth-order valence-electron chi connectivity index (χ4n) is 3.67. The first kappa shape index (κ1) is 24.5. The van der Waals surface area contributed by atoms with Crippen LogP contribution in [0.4, 0.5) is 5.82 Å². The minimum atomic E-state index is -4.07. The van der Waals surface area contributed by atoms with Crippen LogP contribution in [-0.4, -0.2) is 64.4 Å². The molecule has 0 amide bonds. The number of hydrogen-bond donors (Lipinski definition) is 3. The molecule has 3 heterocycles. The second kappa shape index (κ2) is 9.92. The molecule has 0 spiro atoms. The van der Waals surface area contributed by atoms with Gasteiger partial charge in [0, 0.05) is 12.6 Å². The Morgan fingerprint density at radius 3 is 2.85 bits per heavy atom. The van der Waals surface area contributed by atoms with Crippen molar-refractivity contribution in [1.29, 1.82) is 0 Å². The number of phosphoric ester groups is 1. The molecule has 2 aromatic rings. The summed E-state index contributed by atoms with van der Waals surface area (Å²) in [6.07, 6.45) is -4.40. The molecule has 6 atom stereocenters. The van der Waals surface area contributed by atoms with Gasteiger partial charge in [-0.25, -0.2) is 14.2 Å². The second-order valence-electron chi connectivity index (χ2n) is 7.66. The molecule has 184 valence electrons. The Labute approximate surface area is 193 Å². The molecule has 2 saturated heterocycles. The zero-order valence-corrected chi connectivity index (χ0v) is 18.9. The van der Waals surface area contributed by atoms with Crippen molar-refractivity contribution in [1.82, 2.24) is 9.55 Å². The number of esters is 1. The molecule has 2 aliphatic rings. The smallest absolute Gasteiger partial charge is 0.465 e. The number of benzene rings is 1. The molecule has 1 aromatic heterocycles. The zero-order chi connectivity index (χ0) is 24.5. The first-order chi connectivity index (χ1) is 16.2. The van der Waals surface area contributed by atoms with Gasteiger partial charge in [0.25, 0.3) is 0 Å². The normalized spacial score (nSPS) is 31.3. The number of aromatic nitrogens is 2. The number of rotatable bonds is 6. The van der Waals surface area contributed by atoms with Gasteiger partial charge in [0.2, 0.25) is 0 Å². The minimum Gasteiger partial charge on any atom is -0.465 e. The van der Waals surface area contributed by atoms with E-state index >= 15 is 0 Å². The summed E-state index contributed by atoms with van der Waals surface area (Å²) in [6.45, 7) is -0.408. The van der Waals surface area contributed by atoms with Crippen LogP contribution in [0.5, 0.6) is 0 Å². The van der Waals surface area contributed by atoms with Crippen molar-refractivity contribution in [2.24, 2.45) is 0 Å². The SMILES string of the molecule is COC(=O)c1cccc([C@@H]2CCO[P@](=O)(OC[C@H]3O[C@@H](n4ccc(N)nc4=O)[C@@H](O)[C@@H]3O)O2)c1. The van der Waals surface area contributed by atoms with Crippen LogP contribution in [0.25, 0.3) is 0 Å². The van der Waals surface area contributed by atoms with E-state index < -0.39 is 56.7 Å². The summed E-state index contributed by atoms with van der Waals surface area (Å²) < 4.78 is 40.5. The molecule has 13 nitrogen and oxygen atoms in total.